The predicted octanol–water partition coefficient (Wildman–Crippen LogP) is 3.48. The van der Waals surface area contributed by atoms with Gasteiger partial charge in [-0.3, -0.25) is 0 Å². The first kappa shape index (κ1) is 16.2. The van der Waals surface area contributed by atoms with Gasteiger partial charge in [-0.15, -0.1) is 0 Å². The van der Waals surface area contributed by atoms with Gasteiger partial charge in [0.2, 0.25) is 0 Å². The highest BCUT2D eigenvalue weighted by Gasteiger charge is 1.97. The van der Waals surface area contributed by atoms with E-state index in [9.17, 15) is 0 Å². The van der Waals surface area contributed by atoms with Gasteiger partial charge in [0, 0.05) is 24.5 Å². The van der Waals surface area contributed by atoms with Crippen LogP contribution >= 0.6 is 31.9 Å². The van der Waals surface area contributed by atoms with Crippen molar-refractivity contribution < 1.29 is 14.2 Å². The Labute approximate surface area is 139 Å². The quantitative estimate of drug-likeness (QED) is 0.486. The number of pyridine rings is 2. The van der Waals surface area contributed by atoms with Crippen molar-refractivity contribution in [1.29, 1.82) is 0 Å². The van der Waals surface area contributed by atoms with E-state index in [-0.39, 0.29) is 0 Å². The summed E-state index contributed by atoms with van der Waals surface area (Å²) < 4.78 is 18.0. The number of ether oxygens (including phenoxy) is 3. The van der Waals surface area contributed by atoms with E-state index in [1.807, 2.05) is 12.1 Å². The Morgan fingerprint density at radius 3 is 1.67 bits per heavy atom. The monoisotopic (exact) mass is 416 g/mol. The summed E-state index contributed by atoms with van der Waals surface area (Å²) in [5.41, 5.74) is 0. The van der Waals surface area contributed by atoms with Crippen LogP contribution in [0.1, 0.15) is 0 Å². The summed E-state index contributed by atoms with van der Waals surface area (Å²) in [6, 6.07) is 7.22. The number of rotatable bonds is 8. The standard InChI is InChI=1S/C14H14Br2N2O3/c15-13-9-11(1-3-17-13)20-7-5-19-6-8-21-12-2-4-18-14(16)10-12/h1-4,9-10H,5-8H2. The Bertz CT molecular complexity index is 520. The minimum absolute atomic E-state index is 0.483. The lowest BCUT2D eigenvalue weighted by Gasteiger charge is -2.08. The largest absolute Gasteiger partial charge is 0.491 e. The van der Waals surface area contributed by atoms with Crippen LogP contribution in [-0.4, -0.2) is 36.4 Å². The second-order valence-corrected chi connectivity index (χ2v) is 5.56. The van der Waals surface area contributed by atoms with E-state index < -0.39 is 0 Å². The Morgan fingerprint density at radius 1 is 0.762 bits per heavy atom. The lowest BCUT2D eigenvalue weighted by Crippen LogP contribution is -2.12. The second-order valence-electron chi connectivity index (χ2n) is 3.94. The van der Waals surface area contributed by atoms with Crippen molar-refractivity contribution in [2.45, 2.75) is 0 Å². The van der Waals surface area contributed by atoms with E-state index in [4.69, 9.17) is 14.2 Å². The molecule has 0 fully saturated rings. The molecule has 21 heavy (non-hydrogen) atoms. The number of nitrogens with zero attached hydrogens (tertiary/aromatic N) is 2. The van der Waals surface area contributed by atoms with Crippen LogP contribution in [0.25, 0.3) is 0 Å². The number of halogens is 2. The molecule has 2 aromatic heterocycles. The van der Waals surface area contributed by atoms with Gasteiger partial charge in [-0.1, -0.05) is 0 Å². The maximum Gasteiger partial charge on any atom is 0.123 e. The molecule has 0 N–H and O–H groups in total. The lowest BCUT2D eigenvalue weighted by molar-refractivity contribution is 0.0763. The van der Waals surface area contributed by atoms with Gasteiger partial charge in [-0.2, -0.15) is 0 Å². The Balaban J connectivity index is 1.54. The summed E-state index contributed by atoms with van der Waals surface area (Å²) in [6.45, 7) is 1.97. The van der Waals surface area contributed by atoms with Crippen LogP contribution < -0.4 is 9.47 Å². The number of hydrogen-bond donors (Lipinski definition) is 0. The number of aromatic nitrogens is 2. The summed E-state index contributed by atoms with van der Waals surface area (Å²) in [5.74, 6) is 1.52. The zero-order valence-electron chi connectivity index (χ0n) is 11.2. The molecule has 0 bridgehead atoms. The molecule has 112 valence electrons. The van der Waals surface area contributed by atoms with Gasteiger partial charge in [-0.05, 0) is 44.0 Å². The molecular formula is C14H14Br2N2O3. The third kappa shape index (κ3) is 6.41. The van der Waals surface area contributed by atoms with Crippen LogP contribution in [0.4, 0.5) is 0 Å². The molecule has 0 atom stereocenters. The highest BCUT2D eigenvalue weighted by atomic mass is 79.9. The SMILES string of the molecule is Brc1cc(OCCOCCOc2ccnc(Br)c2)ccn1. The highest BCUT2D eigenvalue weighted by Crippen LogP contribution is 2.15. The fraction of sp³-hybridized carbons (Fsp3) is 0.286. The van der Waals surface area contributed by atoms with Gasteiger partial charge in [0.25, 0.3) is 0 Å². The molecule has 2 rings (SSSR count). The topological polar surface area (TPSA) is 53.5 Å². The average Bonchev–Trinajstić information content (AvgIpc) is 2.46. The summed E-state index contributed by atoms with van der Waals surface area (Å²) in [6.07, 6.45) is 3.36. The molecule has 7 heteroatoms. The number of hydrogen-bond acceptors (Lipinski definition) is 5. The van der Waals surface area contributed by atoms with Crippen LogP contribution in [0.15, 0.2) is 45.9 Å². The fourth-order valence-electron chi connectivity index (χ4n) is 1.49. The van der Waals surface area contributed by atoms with Crippen LogP contribution in [0.3, 0.4) is 0 Å². The van der Waals surface area contributed by atoms with Crippen molar-refractivity contribution in [3.05, 3.63) is 45.9 Å². The van der Waals surface area contributed by atoms with E-state index >= 15 is 0 Å². The fourth-order valence-corrected chi connectivity index (χ4v) is 2.18. The molecule has 0 aromatic carbocycles. The average molecular weight is 418 g/mol. The van der Waals surface area contributed by atoms with Crippen molar-refractivity contribution in [2.24, 2.45) is 0 Å². The molecule has 5 nitrogen and oxygen atoms in total. The van der Waals surface area contributed by atoms with Crippen LogP contribution in [0.5, 0.6) is 11.5 Å². The molecule has 0 amide bonds. The van der Waals surface area contributed by atoms with E-state index in [1.54, 1.807) is 24.5 Å². The molecule has 0 aliphatic rings. The third-order valence-corrected chi connectivity index (χ3v) is 3.26. The minimum Gasteiger partial charge on any atom is -0.491 e. The van der Waals surface area contributed by atoms with E-state index in [1.165, 1.54) is 0 Å². The zero-order chi connectivity index (χ0) is 14.9. The maximum absolute atomic E-state index is 5.52. The zero-order valence-corrected chi connectivity index (χ0v) is 14.3. The van der Waals surface area contributed by atoms with E-state index in [0.29, 0.717) is 26.4 Å². The van der Waals surface area contributed by atoms with Crippen molar-refractivity contribution in [2.75, 3.05) is 26.4 Å². The van der Waals surface area contributed by atoms with Gasteiger partial charge in [-0.25, -0.2) is 9.97 Å². The van der Waals surface area contributed by atoms with Crippen LogP contribution in [0, 0.1) is 0 Å². The first-order valence-corrected chi connectivity index (χ1v) is 7.89. The van der Waals surface area contributed by atoms with Gasteiger partial charge in [0.15, 0.2) is 0 Å². The summed E-state index contributed by atoms with van der Waals surface area (Å²) in [4.78, 5) is 8.05. The molecular weight excluding hydrogens is 404 g/mol. The van der Waals surface area contributed by atoms with Crippen molar-refractivity contribution in [3.63, 3.8) is 0 Å². The van der Waals surface area contributed by atoms with Gasteiger partial charge in [0.05, 0.1) is 13.2 Å². The molecule has 0 aliphatic heterocycles. The molecule has 0 aliphatic carbocycles. The molecule has 0 unspecified atom stereocenters. The van der Waals surface area contributed by atoms with Crippen molar-refractivity contribution in [1.82, 2.24) is 9.97 Å². The molecule has 0 radical (unpaired) electrons. The van der Waals surface area contributed by atoms with Crippen LogP contribution in [-0.2, 0) is 4.74 Å². The predicted molar refractivity (Wildman–Crippen MR) is 85.7 cm³/mol. The third-order valence-electron chi connectivity index (χ3n) is 2.39. The first-order valence-electron chi connectivity index (χ1n) is 6.30. The summed E-state index contributed by atoms with van der Waals surface area (Å²) in [5, 5.41) is 0. The first-order chi connectivity index (χ1) is 10.2. The Morgan fingerprint density at radius 2 is 1.24 bits per heavy atom. The minimum atomic E-state index is 0.483. The summed E-state index contributed by atoms with van der Waals surface area (Å²) in [7, 11) is 0. The highest BCUT2D eigenvalue weighted by molar-refractivity contribution is 9.10. The summed E-state index contributed by atoms with van der Waals surface area (Å²) >= 11 is 6.57. The molecule has 0 saturated carbocycles. The Kier molecular flexibility index (Phi) is 6.91. The normalized spacial score (nSPS) is 10.4. The van der Waals surface area contributed by atoms with Crippen LogP contribution in [0.2, 0.25) is 0 Å². The van der Waals surface area contributed by atoms with Gasteiger partial charge >= 0.3 is 0 Å². The van der Waals surface area contributed by atoms with Crippen molar-refractivity contribution >= 4 is 31.9 Å². The molecule has 0 spiro atoms. The molecule has 2 aromatic rings. The van der Waals surface area contributed by atoms with Gasteiger partial charge < -0.3 is 14.2 Å². The maximum atomic E-state index is 5.52. The smallest absolute Gasteiger partial charge is 0.123 e. The van der Waals surface area contributed by atoms with E-state index in [0.717, 1.165) is 20.7 Å². The Hall–Kier alpha value is -1.18. The lowest BCUT2D eigenvalue weighted by atomic mass is 10.4. The van der Waals surface area contributed by atoms with E-state index in [2.05, 4.69) is 41.8 Å². The molecule has 2 heterocycles. The second kappa shape index (κ2) is 8.96. The van der Waals surface area contributed by atoms with Crippen molar-refractivity contribution in [3.8, 4) is 11.5 Å². The molecule has 0 saturated heterocycles. The van der Waals surface area contributed by atoms with Gasteiger partial charge in [0.1, 0.15) is 33.9 Å².